The Morgan fingerprint density at radius 2 is 1.50 bits per heavy atom. The molecule has 0 amide bonds. The number of nitrogens with one attached hydrogen (secondary N) is 1. The van der Waals surface area contributed by atoms with E-state index in [0.717, 1.165) is 13.0 Å². The summed E-state index contributed by atoms with van der Waals surface area (Å²) in [5, 5.41) is 3.64. The van der Waals surface area contributed by atoms with E-state index in [0.29, 0.717) is 0 Å². The first-order valence-electron chi connectivity index (χ1n) is 8.62. The Kier molecular flexibility index (Phi) is 9.19. The normalized spacial score (nSPS) is 10.8. The van der Waals surface area contributed by atoms with Gasteiger partial charge in [0.25, 0.3) is 0 Å². The van der Waals surface area contributed by atoms with E-state index in [2.05, 4.69) is 44.3 Å². The lowest BCUT2D eigenvalue weighted by Gasteiger charge is -2.13. The fourth-order valence-corrected chi connectivity index (χ4v) is 2.75. The molecule has 1 nitrogen and oxygen atoms in total. The second-order valence-electron chi connectivity index (χ2n) is 5.86. The summed E-state index contributed by atoms with van der Waals surface area (Å²) >= 11 is 0. The maximum Gasteiger partial charge on any atom is 0.0402 e. The van der Waals surface area contributed by atoms with Crippen LogP contribution in [0.15, 0.2) is 18.2 Å². The van der Waals surface area contributed by atoms with E-state index in [4.69, 9.17) is 0 Å². The molecular formula is C19H33N. The van der Waals surface area contributed by atoms with Gasteiger partial charge < -0.3 is 5.32 Å². The Bertz CT molecular complexity index is 357. The second kappa shape index (κ2) is 10.8. The van der Waals surface area contributed by atoms with Crippen molar-refractivity contribution in [2.24, 2.45) is 0 Å². The first kappa shape index (κ1) is 17.1. The average Bonchev–Trinajstić information content (AvgIpc) is 2.46. The maximum absolute atomic E-state index is 3.64. The molecule has 0 atom stereocenters. The lowest BCUT2D eigenvalue weighted by atomic mass is 10.1. The van der Waals surface area contributed by atoms with Gasteiger partial charge >= 0.3 is 0 Å². The molecule has 0 heterocycles. The van der Waals surface area contributed by atoms with Crippen LogP contribution in [0.4, 0.5) is 5.69 Å². The van der Waals surface area contributed by atoms with Crippen LogP contribution in [0.1, 0.15) is 76.3 Å². The highest BCUT2D eigenvalue weighted by molar-refractivity contribution is 5.57. The van der Waals surface area contributed by atoms with Crippen LogP contribution < -0.4 is 5.32 Å². The summed E-state index contributed by atoms with van der Waals surface area (Å²) in [5.41, 5.74) is 4.20. The number of hydrogen-bond donors (Lipinski definition) is 1. The molecule has 0 unspecified atom stereocenters. The fraction of sp³-hybridized carbons (Fsp3) is 0.684. The number of benzene rings is 1. The van der Waals surface area contributed by atoms with Gasteiger partial charge in [0.1, 0.15) is 0 Å². The van der Waals surface area contributed by atoms with Crippen LogP contribution in [0, 0.1) is 6.92 Å². The first-order valence-corrected chi connectivity index (χ1v) is 8.62. The molecule has 1 N–H and O–H groups in total. The smallest absolute Gasteiger partial charge is 0.0402 e. The molecule has 0 bridgehead atoms. The molecule has 1 rings (SSSR count). The van der Waals surface area contributed by atoms with E-state index in [1.807, 2.05) is 0 Å². The molecule has 20 heavy (non-hydrogen) atoms. The molecule has 1 aromatic rings. The van der Waals surface area contributed by atoms with Crippen LogP contribution in [-0.4, -0.2) is 6.54 Å². The molecule has 1 heteroatoms. The second-order valence-corrected chi connectivity index (χ2v) is 5.86. The molecule has 0 aliphatic rings. The summed E-state index contributed by atoms with van der Waals surface area (Å²) in [4.78, 5) is 0. The van der Waals surface area contributed by atoms with Crippen LogP contribution in [0.2, 0.25) is 0 Å². The van der Waals surface area contributed by atoms with Crippen molar-refractivity contribution in [3.05, 3.63) is 29.3 Å². The number of unbranched alkanes of at least 4 members (excludes halogenated alkanes) is 7. The molecule has 0 saturated heterocycles. The molecule has 0 radical (unpaired) electrons. The van der Waals surface area contributed by atoms with Gasteiger partial charge in [-0.25, -0.2) is 0 Å². The minimum absolute atomic E-state index is 1.11. The van der Waals surface area contributed by atoms with Gasteiger partial charge in [-0.1, -0.05) is 77.0 Å². The summed E-state index contributed by atoms with van der Waals surface area (Å²) in [5.74, 6) is 0. The van der Waals surface area contributed by atoms with Crippen molar-refractivity contribution in [3.63, 3.8) is 0 Å². The van der Waals surface area contributed by atoms with Crippen molar-refractivity contribution in [2.45, 2.75) is 78.6 Å². The highest BCUT2D eigenvalue weighted by atomic mass is 14.9. The van der Waals surface area contributed by atoms with E-state index in [1.54, 1.807) is 0 Å². The standard InChI is InChI=1S/C19H33N/c1-4-6-7-8-9-10-11-12-16-20-19-17(3)14-13-15-18(19)5-2/h13-15,20H,4-12,16H2,1-3H3. The maximum atomic E-state index is 3.64. The molecule has 0 spiro atoms. The van der Waals surface area contributed by atoms with Gasteiger partial charge in [-0.2, -0.15) is 0 Å². The predicted molar refractivity (Wildman–Crippen MR) is 91.7 cm³/mol. The van der Waals surface area contributed by atoms with Crippen LogP contribution >= 0.6 is 0 Å². The van der Waals surface area contributed by atoms with Crippen molar-refractivity contribution >= 4 is 5.69 Å². The molecule has 1 aromatic carbocycles. The number of anilines is 1. The summed E-state index contributed by atoms with van der Waals surface area (Å²) in [6.45, 7) is 7.83. The summed E-state index contributed by atoms with van der Waals surface area (Å²) < 4.78 is 0. The summed E-state index contributed by atoms with van der Waals surface area (Å²) in [6, 6.07) is 6.61. The van der Waals surface area contributed by atoms with Gasteiger partial charge in [0, 0.05) is 12.2 Å². The monoisotopic (exact) mass is 275 g/mol. The number of para-hydroxylation sites is 1. The summed E-state index contributed by atoms with van der Waals surface area (Å²) in [6.07, 6.45) is 12.2. The molecular weight excluding hydrogens is 242 g/mol. The van der Waals surface area contributed by atoms with E-state index in [1.165, 1.54) is 68.2 Å². The van der Waals surface area contributed by atoms with Gasteiger partial charge in [-0.05, 0) is 30.9 Å². The van der Waals surface area contributed by atoms with Crippen LogP contribution in [-0.2, 0) is 6.42 Å². The van der Waals surface area contributed by atoms with Gasteiger partial charge in [0.05, 0.1) is 0 Å². The molecule has 0 fully saturated rings. The van der Waals surface area contributed by atoms with Gasteiger partial charge in [0.2, 0.25) is 0 Å². The zero-order chi connectivity index (χ0) is 14.6. The predicted octanol–water partition coefficient (Wildman–Crippen LogP) is 6.11. The van der Waals surface area contributed by atoms with E-state index < -0.39 is 0 Å². The van der Waals surface area contributed by atoms with Crippen molar-refractivity contribution in [3.8, 4) is 0 Å². The zero-order valence-electron chi connectivity index (χ0n) is 13.8. The number of hydrogen-bond acceptors (Lipinski definition) is 1. The number of rotatable bonds is 11. The third-order valence-electron chi connectivity index (χ3n) is 4.07. The van der Waals surface area contributed by atoms with Crippen molar-refractivity contribution in [1.29, 1.82) is 0 Å². The lowest BCUT2D eigenvalue weighted by Crippen LogP contribution is -2.05. The highest BCUT2D eigenvalue weighted by Gasteiger charge is 2.02. The van der Waals surface area contributed by atoms with Gasteiger partial charge in [-0.15, -0.1) is 0 Å². The SMILES string of the molecule is CCCCCCCCCCNc1c(C)cccc1CC. The molecule has 0 aliphatic carbocycles. The Labute approximate surface area is 126 Å². The highest BCUT2D eigenvalue weighted by Crippen LogP contribution is 2.21. The third-order valence-corrected chi connectivity index (χ3v) is 4.07. The summed E-state index contributed by atoms with van der Waals surface area (Å²) in [7, 11) is 0. The van der Waals surface area contributed by atoms with E-state index >= 15 is 0 Å². The zero-order valence-corrected chi connectivity index (χ0v) is 13.8. The lowest BCUT2D eigenvalue weighted by molar-refractivity contribution is 0.581. The Balaban J connectivity index is 2.12. The average molecular weight is 275 g/mol. The largest absolute Gasteiger partial charge is 0.385 e. The minimum Gasteiger partial charge on any atom is -0.385 e. The van der Waals surface area contributed by atoms with Gasteiger partial charge in [-0.3, -0.25) is 0 Å². The molecule has 0 aromatic heterocycles. The first-order chi connectivity index (χ1) is 9.79. The Hall–Kier alpha value is -0.980. The van der Waals surface area contributed by atoms with Gasteiger partial charge in [0.15, 0.2) is 0 Å². The van der Waals surface area contributed by atoms with E-state index in [9.17, 15) is 0 Å². The van der Waals surface area contributed by atoms with Crippen LogP contribution in [0.5, 0.6) is 0 Å². The molecule has 0 saturated carbocycles. The van der Waals surface area contributed by atoms with Crippen molar-refractivity contribution in [2.75, 3.05) is 11.9 Å². The quantitative estimate of drug-likeness (QED) is 0.480. The Morgan fingerprint density at radius 1 is 0.850 bits per heavy atom. The van der Waals surface area contributed by atoms with E-state index in [-0.39, 0.29) is 0 Å². The Morgan fingerprint density at radius 3 is 2.15 bits per heavy atom. The molecule has 0 aliphatic heterocycles. The minimum atomic E-state index is 1.11. The van der Waals surface area contributed by atoms with Crippen LogP contribution in [0.3, 0.4) is 0 Å². The molecule has 114 valence electrons. The third kappa shape index (κ3) is 6.45. The van der Waals surface area contributed by atoms with Crippen molar-refractivity contribution < 1.29 is 0 Å². The van der Waals surface area contributed by atoms with Crippen molar-refractivity contribution in [1.82, 2.24) is 0 Å². The fourth-order valence-electron chi connectivity index (χ4n) is 2.75. The number of aryl methyl sites for hydroxylation is 2. The topological polar surface area (TPSA) is 12.0 Å². The van der Waals surface area contributed by atoms with Crippen LogP contribution in [0.25, 0.3) is 0 Å².